The van der Waals surface area contributed by atoms with Crippen LogP contribution in [0.25, 0.3) is 0 Å². The Bertz CT molecular complexity index is 1020. The predicted molar refractivity (Wildman–Crippen MR) is 99.6 cm³/mol. The lowest BCUT2D eigenvalue weighted by molar-refractivity contribution is -0.00173. The molecule has 1 aromatic heterocycles. The standard InChI is InChI=1S/C20H19FN4O3/c1-12-3-6-14(9-16(12)21)22-20(26)19-17-11-28-18(10-25(17)24-23-19)13-4-7-15(27-2)8-5-13/h3-9,18H,10-11H2,1-2H3,(H,22,26)/t18-/m0/s1. The quantitative estimate of drug-likeness (QED) is 0.749. The Balaban J connectivity index is 1.49. The van der Waals surface area contributed by atoms with Crippen molar-refractivity contribution in [1.82, 2.24) is 15.0 Å². The van der Waals surface area contributed by atoms with Crippen LogP contribution >= 0.6 is 0 Å². The first kappa shape index (κ1) is 18.1. The van der Waals surface area contributed by atoms with Crippen LogP contribution in [0, 0.1) is 12.7 Å². The van der Waals surface area contributed by atoms with Gasteiger partial charge in [0.1, 0.15) is 17.7 Å². The number of methoxy groups -OCH3 is 1. The van der Waals surface area contributed by atoms with E-state index < -0.39 is 5.91 Å². The predicted octanol–water partition coefficient (Wildman–Crippen LogP) is 3.26. The number of anilines is 1. The molecule has 2 heterocycles. The van der Waals surface area contributed by atoms with Crippen molar-refractivity contribution >= 4 is 11.6 Å². The van der Waals surface area contributed by atoms with Gasteiger partial charge in [0, 0.05) is 5.69 Å². The first-order chi connectivity index (χ1) is 13.5. The number of aromatic nitrogens is 3. The fourth-order valence-electron chi connectivity index (χ4n) is 3.07. The third-order valence-electron chi connectivity index (χ3n) is 4.73. The maximum atomic E-state index is 13.7. The Hall–Kier alpha value is -3.26. The molecule has 7 nitrogen and oxygen atoms in total. The number of ether oxygens (including phenoxy) is 2. The number of aryl methyl sites for hydroxylation is 1. The Morgan fingerprint density at radius 1 is 1.29 bits per heavy atom. The Morgan fingerprint density at radius 3 is 2.79 bits per heavy atom. The topological polar surface area (TPSA) is 78.3 Å². The van der Waals surface area contributed by atoms with E-state index in [2.05, 4.69) is 15.6 Å². The Morgan fingerprint density at radius 2 is 2.07 bits per heavy atom. The number of carbonyl (C=O) groups excluding carboxylic acids is 1. The largest absolute Gasteiger partial charge is 0.497 e. The van der Waals surface area contributed by atoms with E-state index in [0.717, 1.165) is 11.3 Å². The SMILES string of the molecule is COc1ccc([C@@H]2Cn3nnc(C(=O)Nc4ccc(C)c(F)c4)c3CO2)cc1. The van der Waals surface area contributed by atoms with E-state index in [0.29, 0.717) is 23.5 Å². The summed E-state index contributed by atoms with van der Waals surface area (Å²) in [6, 6.07) is 12.1. The van der Waals surface area contributed by atoms with Crippen molar-refractivity contribution in [3.8, 4) is 5.75 Å². The van der Waals surface area contributed by atoms with E-state index in [1.165, 1.54) is 6.07 Å². The van der Waals surface area contributed by atoms with E-state index in [4.69, 9.17) is 9.47 Å². The zero-order chi connectivity index (χ0) is 19.7. The lowest BCUT2D eigenvalue weighted by Gasteiger charge is -2.24. The molecule has 0 saturated heterocycles. The first-order valence-electron chi connectivity index (χ1n) is 8.80. The molecule has 28 heavy (non-hydrogen) atoms. The molecular weight excluding hydrogens is 363 g/mol. The number of nitrogens with zero attached hydrogens (tertiary/aromatic N) is 3. The highest BCUT2D eigenvalue weighted by Crippen LogP contribution is 2.28. The van der Waals surface area contributed by atoms with Crippen LogP contribution in [0.2, 0.25) is 0 Å². The zero-order valence-corrected chi connectivity index (χ0v) is 15.5. The van der Waals surface area contributed by atoms with Gasteiger partial charge >= 0.3 is 0 Å². The molecule has 2 aromatic carbocycles. The third kappa shape index (κ3) is 3.46. The van der Waals surface area contributed by atoms with Gasteiger partial charge in [-0.05, 0) is 42.3 Å². The average molecular weight is 382 g/mol. The average Bonchev–Trinajstić information content (AvgIpc) is 3.14. The lowest BCUT2D eigenvalue weighted by atomic mass is 10.1. The molecule has 0 aliphatic carbocycles. The van der Waals surface area contributed by atoms with E-state index in [-0.39, 0.29) is 24.2 Å². The molecule has 1 aliphatic rings. The van der Waals surface area contributed by atoms with E-state index >= 15 is 0 Å². The highest BCUT2D eigenvalue weighted by atomic mass is 19.1. The number of fused-ring (bicyclic) bond motifs is 1. The van der Waals surface area contributed by atoms with Gasteiger partial charge in [0.05, 0.1) is 26.0 Å². The molecule has 1 aliphatic heterocycles. The van der Waals surface area contributed by atoms with Gasteiger partial charge in [0.15, 0.2) is 5.69 Å². The van der Waals surface area contributed by atoms with Gasteiger partial charge in [-0.15, -0.1) is 5.10 Å². The number of hydrogen-bond donors (Lipinski definition) is 1. The molecular formula is C20H19FN4O3. The summed E-state index contributed by atoms with van der Waals surface area (Å²) in [5, 5.41) is 10.7. The molecule has 0 bridgehead atoms. The fourth-order valence-corrected chi connectivity index (χ4v) is 3.07. The summed E-state index contributed by atoms with van der Waals surface area (Å²) < 4.78 is 26.4. The maximum absolute atomic E-state index is 13.7. The minimum atomic E-state index is -0.448. The summed E-state index contributed by atoms with van der Waals surface area (Å²) in [6.07, 6.45) is -0.192. The zero-order valence-electron chi connectivity index (χ0n) is 15.5. The summed E-state index contributed by atoms with van der Waals surface area (Å²) in [6.45, 7) is 2.31. The van der Waals surface area contributed by atoms with Gasteiger partial charge in [0.2, 0.25) is 0 Å². The van der Waals surface area contributed by atoms with Crippen LogP contribution in [0.3, 0.4) is 0 Å². The summed E-state index contributed by atoms with van der Waals surface area (Å²) >= 11 is 0. The van der Waals surface area contributed by atoms with Gasteiger partial charge in [-0.25, -0.2) is 9.07 Å². The molecule has 0 fully saturated rings. The number of nitrogens with one attached hydrogen (secondary N) is 1. The van der Waals surface area contributed by atoms with Crippen LogP contribution < -0.4 is 10.1 Å². The second-order valence-corrected chi connectivity index (χ2v) is 6.56. The van der Waals surface area contributed by atoms with Crippen LogP contribution in [0.4, 0.5) is 10.1 Å². The van der Waals surface area contributed by atoms with Crippen LogP contribution in [-0.4, -0.2) is 28.0 Å². The monoisotopic (exact) mass is 382 g/mol. The molecule has 1 N–H and O–H groups in total. The maximum Gasteiger partial charge on any atom is 0.278 e. The second-order valence-electron chi connectivity index (χ2n) is 6.56. The van der Waals surface area contributed by atoms with Crippen LogP contribution in [0.1, 0.15) is 33.4 Å². The fraction of sp³-hybridized carbons (Fsp3) is 0.250. The molecule has 0 saturated carbocycles. The Kier molecular flexibility index (Phi) is 4.79. The molecule has 3 aromatic rings. The minimum absolute atomic E-state index is 0.175. The lowest BCUT2D eigenvalue weighted by Crippen LogP contribution is -2.24. The smallest absolute Gasteiger partial charge is 0.278 e. The molecule has 1 amide bonds. The van der Waals surface area contributed by atoms with Crippen LogP contribution in [-0.2, 0) is 17.9 Å². The van der Waals surface area contributed by atoms with Gasteiger partial charge < -0.3 is 14.8 Å². The van der Waals surface area contributed by atoms with Crippen molar-refractivity contribution < 1.29 is 18.7 Å². The van der Waals surface area contributed by atoms with Crippen molar-refractivity contribution in [1.29, 1.82) is 0 Å². The number of halogens is 1. The van der Waals surface area contributed by atoms with Gasteiger partial charge in [-0.3, -0.25) is 4.79 Å². The second kappa shape index (κ2) is 7.40. The van der Waals surface area contributed by atoms with E-state index in [1.54, 1.807) is 30.8 Å². The van der Waals surface area contributed by atoms with Crippen molar-refractivity contribution in [3.05, 3.63) is 70.8 Å². The highest BCUT2D eigenvalue weighted by molar-refractivity contribution is 6.03. The van der Waals surface area contributed by atoms with E-state index in [1.807, 2.05) is 24.3 Å². The first-order valence-corrected chi connectivity index (χ1v) is 8.80. The molecule has 1 atom stereocenters. The van der Waals surface area contributed by atoms with Crippen LogP contribution in [0.15, 0.2) is 42.5 Å². The molecule has 0 spiro atoms. The molecule has 0 unspecified atom stereocenters. The highest BCUT2D eigenvalue weighted by Gasteiger charge is 2.27. The van der Waals surface area contributed by atoms with Crippen molar-refractivity contribution in [3.63, 3.8) is 0 Å². The van der Waals surface area contributed by atoms with Gasteiger partial charge in [-0.2, -0.15) is 0 Å². The number of rotatable bonds is 4. The summed E-state index contributed by atoms with van der Waals surface area (Å²) in [7, 11) is 1.62. The molecule has 8 heteroatoms. The summed E-state index contributed by atoms with van der Waals surface area (Å²) in [5.41, 5.74) is 2.63. The number of amides is 1. The molecule has 144 valence electrons. The normalized spacial score (nSPS) is 15.8. The van der Waals surface area contributed by atoms with Gasteiger partial charge in [0.25, 0.3) is 5.91 Å². The van der Waals surface area contributed by atoms with Crippen molar-refractivity contribution in [2.45, 2.75) is 26.2 Å². The van der Waals surface area contributed by atoms with Crippen molar-refractivity contribution in [2.75, 3.05) is 12.4 Å². The van der Waals surface area contributed by atoms with Crippen LogP contribution in [0.5, 0.6) is 5.75 Å². The molecule has 4 rings (SSSR count). The van der Waals surface area contributed by atoms with E-state index in [9.17, 15) is 9.18 Å². The minimum Gasteiger partial charge on any atom is -0.497 e. The Labute approximate surface area is 161 Å². The number of benzene rings is 2. The third-order valence-corrected chi connectivity index (χ3v) is 4.73. The van der Waals surface area contributed by atoms with Gasteiger partial charge in [-0.1, -0.05) is 23.4 Å². The summed E-state index contributed by atoms with van der Waals surface area (Å²) in [5.74, 6) is -0.0584. The van der Waals surface area contributed by atoms with Crippen molar-refractivity contribution in [2.24, 2.45) is 0 Å². The number of hydrogen-bond acceptors (Lipinski definition) is 5. The molecule has 0 radical (unpaired) electrons. The summed E-state index contributed by atoms with van der Waals surface area (Å²) in [4.78, 5) is 12.5. The number of carbonyl (C=O) groups is 1.